The third-order valence-electron chi connectivity index (χ3n) is 3.87. The molecule has 0 heterocycles. The van der Waals surface area contributed by atoms with E-state index in [4.69, 9.17) is 5.73 Å². The number of para-hydroxylation sites is 1. The van der Waals surface area contributed by atoms with Gasteiger partial charge in [0.15, 0.2) is 0 Å². The Hall–Kier alpha value is -1.16. The predicted octanol–water partition coefficient (Wildman–Crippen LogP) is 3.64. The zero-order valence-corrected chi connectivity index (χ0v) is 12.9. The highest BCUT2D eigenvalue weighted by Gasteiger charge is 2.17. The van der Waals surface area contributed by atoms with Gasteiger partial charge >= 0.3 is 0 Å². The summed E-state index contributed by atoms with van der Waals surface area (Å²) in [5.41, 5.74) is 6.37. The Morgan fingerprint density at radius 2 is 2.10 bits per heavy atom. The van der Waals surface area contributed by atoms with Gasteiger partial charge in [-0.2, -0.15) is 0 Å². The molecule has 0 radical (unpaired) electrons. The first-order valence-electron chi connectivity index (χ1n) is 7.42. The number of carbonyl (C=O) groups excluding carboxylic acids is 1. The molecule has 0 aromatic heterocycles. The summed E-state index contributed by atoms with van der Waals surface area (Å²) in [4.78, 5) is 12.1. The van der Waals surface area contributed by atoms with Crippen LogP contribution in [-0.4, -0.2) is 17.7 Å². The van der Waals surface area contributed by atoms with E-state index in [9.17, 15) is 4.79 Å². The molecule has 1 aliphatic rings. The lowest BCUT2D eigenvalue weighted by atomic mass is 10.0. The molecule has 0 saturated heterocycles. The first-order chi connectivity index (χ1) is 9.65. The van der Waals surface area contributed by atoms with Crippen LogP contribution in [-0.2, 0) is 4.79 Å². The maximum Gasteiger partial charge on any atom is 0.227 e. The van der Waals surface area contributed by atoms with E-state index in [0.29, 0.717) is 11.8 Å². The van der Waals surface area contributed by atoms with Crippen molar-refractivity contribution in [1.82, 2.24) is 0 Å². The van der Waals surface area contributed by atoms with Gasteiger partial charge in [-0.25, -0.2) is 0 Å². The van der Waals surface area contributed by atoms with Gasteiger partial charge in [-0.3, -0.25) is 4.79 Å². The average Bonchev–Trinajstić information content (AvgIpc) is 2.63. The number of primary amides is 1. The van der Waals surface area contributed by atoms with Gasteiger partial charge in [-0.05, 0) is 37.3 Å². The quantitative estimate of drug-likeness (QED) is 0.643. The van der Waals surface area contributed by atoms with Crippen molar-refractivity contribution in [3.63, 3.8) is 0 Å². The molecule has 1 saturated carbocycles. The summed E-state index contributed by atoms with van der Waals surface area (Å²) in [5, 5.41) is 3.66. The van der Waals surface area contributed by atoms with E-state index >= 15 is 0 Å². The lowest BCUT2D eigenvalue weighted by molar-refractivity contribution is -0.115. The summed E-state index contributed by atoms with van der Waals surface area (Å²) >= 11 is 1.51. The molecule has 1 aromatic rings. The number of benzene rings is 1. The van der Waals surface area contributed by atoms with Crippen molar-refractivity contribution >= 4 is 23.4 Å². The summed E-state index contributed by atoms with van der Waals surface area (Å²) in [6, 6.07) is 8.74. The van der Waals surface area contributed by atoms with Crippen LogP contribution in [0.5, 0.6) is 0 Å². The summed E-state index contributed by atoms with van der Waals surface area (Å²) in [7, 11) is 0. The maximum atomic E-state index is 10.9. The van der Waals surface area contributed by atoms with Gasteiger partial charge in [0.25, 0.3) is 0 Å². The van der Waals surface area contributed by atoms with Crippen molar-refractivity contribution in [2.75, 3.05) is 11.1 Å². The lowest BCUT2D eigenvalue weighted by Gasteiger charge is -2.20. The zero-order chi connectivity index (χ0) is 14.4. The molecule has 0 spiro atoms. The highest BCUT2D eigenvalue weighted by molar-refractivity contribution is 8.00. The predicted molar refractivity (Wildman–Crippen MR) is 86.0 cm³/mol. The van der Waals surface area contributed by atoms with Gasteiger partial charge in [0.1, 0.15) is 0 Å². The van der Waals surface area contributed by atoms with Gasteiger partial charge in [0.2, 0.25) is 5.91 Å². The van der Waals surface area contributed by atoms with Gasteiger partial charge < -0.3 is 11.1 Å². The Bertz CT molecular complexity index is 450. The van der Waals surface area contributed by atoms with E-state index in [-0.39, 0.29) is 5.91 Å². The standard InChI is InChI=1S/C16H24N2OS/c1-12-5-4-6-13(10-9-12)18-14-7-2-3-8-15(14)20-11-16(17)19/h2-3,7-8,12-13,18H,4-6,9-11H2,1H3,(H2,17,19). The van der Waals surface area contributed by atoms with Crippen molar-refractivity contribution < 1.29 is 4.79 Å². The van der Waals surface area contributed by atoms with E-state index in [0.717, 1.165) is 16.5 Å². The molecule has 1 aliphatic carbocycles. The number of nitrogens with two attached hydrogens (primary N) is 1. The Morgan fingerprint density at radius 1 is 1.30 bits per heavy atom. The second-order valence-electron chi connectivity index (χ2n) is 5.71. The number of hydrogen-bond acceptors (Lipinski definition) is 3. The Kier molecular flexibility index (Phi) is 5.77. The van der Waals surface area contributed by atoms with Crippen LogP contribution in [0.4, 0.5) is 5.69 Å². The van der Waals surface area contributed by atoms with Crippen molar-refractivity contribution in [3.05, 3.63) is 24.3 Å². The van der Waals surface area contributed by atoms with Crippen LogP contribution >= 0.6 is 11.8 Å². The van der Waals surface area contributed by atoms with Crippen LogP contribution in [0.15, 0.2) is 29.2 Å². The van der Waals surface area contributed by atoms with Crippen molar-refractivity contribution in [1.29, 1.82) is 0 Å². The third-order valence-corrected chi connectivity index (χ3v) is 4.97. The highest BCUT2D eigenvalue weighted by atomic mass is 32.2. The van der Waals surface area contributed by atoms with Crippen LogP contribution in [0.3, 0.4) is 0 Å². The second-order valence-corrected chi connectivity index (χ2v) is 6.72. The van der Waals surface area contributed by atoms with Gasteiger partial charge in [-0.15, -0.1) is 11.8 Å². The number of rotatable bonds is 5. The fraction of sp³-hybridized carbons (Fsp3) is 0.562. The number of nitrogens with one attached hydrogen (secondary N) is 1. The molecule has 1 aromatic carbocycles. The molecule has 4 heteroatoms. The number of thioether (sulfide) groups is 1. The minimum absolute atomic E-state index is 0.270. The number of carbonyl (C=O) groups is 1. The molecular weight excluding hydrogens is 268 g/mol. The molecule has 2 rings (SSSR count). The number of anilines is 1. The monoisotopic (exact) mass is 292 g/mol. The van der Waals surface area contributed by atoms with Crippen LogP contribution in [0, 0.1) is 5.92 Å². The molecule has 2 atom stereocenters. The third kappa shape index (κ3) is 4.75. The van der Waals surface area contributed by atoms with E-state index in [1.165, 1.54) is 43.9 Å². The minimum Gasteiger partial charge on any atom is -0.381 e. The van der Waals surface area contributed by atoms with Gasteiger partial charge in [-0.1, -0.05) is 31.9 Å². The van der Waals surface area contributed by atoms with E-state index < -0.39 is 0 Å². The summed E-state index contributed by atoms with van der Waals surface area (Å²) < 4.78 is 0. The molecule has 3 nitrogen and oxygen atoms in total. The van der Waals surface area contributed by atoms with Gasteiger partial charge in [0.05, 0.1) is 5.75 Å². The SMILES string of the molecule is CC1CCCC(Nc2ccccc2SCC(N)=O)CC1. The Labute approximate surface area is 125 Å². The van der Waals surface area contributed by atoms with Crippen molar-refractivity contribution in [3.8, 4) is 0 Å². The first-order valence-corrected chi connectivity index (χ1v) is 8.40. The zero-order valence-electron chi connectivity index (χ0n) is 12.1. The highest BCUT2D eigenvalue weighted by Crippen LogP contribution is 2.30. The molecule has 0 bridgehead atoms. The van der Waals surface area contributed by atoms with Crippen LogP contribution < -0.4 is 11.1 Å². The van der Waals surface area contributed by atoms with E-state index in [1.807, 2.05) is 12.1 Å². The van der Waals surface area contributed by atoms with Crippen molar-refractivity contribution in [2.45, 2.75) is 50.0 Å². The van der Waals surface area contributed by atoms with Crippen LogP contribution in [0.2, 0.25) is 0 Å². The molecular formula is C16H24N2OS. The average molecular weight is 292 g/mol. The molecule has 20 heavy (non-hydrogen) atoms. The summed E-state index contributed by atoms with van der Waals surface area (Å²) in [6.07, 6.45) is 6.41. The molecule has 0 aliphatic heterocycles. The summed E-state index contributed by atoms with van der Waals surface area (Å²) in [6.45, 7) is 2.35. The molecule has 1 amide bonds. The Morgan fingerprint density at radius 3 is 2.90 bits per heavy atom. The fourth-order valence-electron chi connectivity index (χ4n) is 2.71. The largest absolute Gasteiger partial charge is 0.381 e. The van der Waals surface area contributed by atoms with E-state index in [2.05, 4.69) is 24.4 Å². The molecule has 110 valence electrons. The minimum atomic E-state index is -0.270. The molecule has 1 fully saturated rings. The van der Waals surface area contributed by atoms with E-state index in [1.54, 1.807) is 0 Å². The van der Waals surface area contributed by atoms with Crippen LogP contribution in [0.1, 0.15) is 39.0 Å². The fourth-order valence-corrected chi connectivity index (χ4v) is 3.47. The normalized spacial score (nSPS) is 23.1. The molecule has 2 unspecified atom stereocenters. The van der Waals surface area contributed by atoms with Crippen LogP contribution in [0.25, 0.3) is 0 Å². The lowest BCUT2D eigenvalue weighted by Crippen LogP contribution is -2.19. The smallest absolute Gasteiger partial charge is 0.227 e. The maximum absolute atomic E-state index is 10.9. The summed E-state index contributed by atoms with van der Waals surface area (Å²) in [5.74, 6) is 0.912. The number of hydrogen-bond donors (Lipinski definition) is 2. The topological polar surface area (TPSA) is 55.1 Å². The number of amides is 1. The van der Waals surface area contributed by atoms with Crippen molar-refractivity contribution in [2.24, 2.45) is 11.7 Å². The Balaban J connectivity index is 1.99. The first kappa shape index (κ1) is 15.2. The second kappa shape index (κ2) is 7.58. The molecule has 3 N–H and O–H groups in total. The van der Waals surface area contributed by atoms with Gasteiger partial charge in [0, 0.05) is 16.6 Å².